The van der Waals surface area contributed by atoms with Crippen LogP contribution in [-0.4, -0.2) is 61.2 Å². The van der Waals surface area contributed by atoms with Crippen LogP contribution in [0.15, 0.2) is 117 Å². The number of benzene rings is 4. The van der Waals surface area contributed by atoms with E-state index in [-0.39, 0.29) is 10.8 Å². The molecule has 2 aliphatic rings. The minimum Gasteiger partial charge on any atom is -0.267 e. The molecule has 0 saturated heterocycles. The number of hydrogen-bond acceptors (Lipinski definition) is 5. The standard InChI is InChI=1S/C38H42N6S/c1-37(2)27-17-9-11-19-29(27)41(5)35(37)25-39-43(7)31-21-13-15-23-33(31)45-34-24-16-14-22-32(34)44(8)40-26-36-38(3,4)28-18-10-12-20-30(28)42(36)6/h9-26H,1-8H3/q+2. The summed E-state index contributed by atoms with van der Waals surface area (Å²) in [5.74, 6) is 0. The van der Waals surface area contributed by atoms with E-state index >= 15 is 0 Å². The van der Waals surface area contributed by atoms with Gasteiger partial charge in [0.05, 0.1) is 22.2 Å². The van der Waals surface area contributed by atoms with Crippen LogP contribution >= 0.6 is 11.8 Å². The Hall–Kier alpha value is -4.49. The van der Waals surface area contributed by atoms with Crippen molar-refractivity contribution in [1.29, 1.82) is 0 Å². The molecule has 0 unspecified atom stereocenters. The molecule has 6 nitrogen and oxygen atoms in total. The Morgan fingerprint density at radius 2 is 0.911 bits per heavy atom. The summed E-state index contributed by atoms with van der Waals surface area (Å²) < 4.78 is 4.50. The van der Waals surface area contributed by atoms with Gasteiger partial charge in [0, 0.05) is 47.1 Å². The zero-order chi connectivity index (χ0) is 31.9. The van der Waals surface area contributed by atoms with Crippen LogP contribution in [0.3, 0.4) is 0 Å². The van der Waals surface area contributed by atoms with Crippen LogP contribution in [0.5, 0.6) is 0 Å². The van der Waals surface area contributed by atoms with Gasteiger partial charge in [0.25, 0.3) is 0 Å². The van der Waals surface area contributed by atoms with Crippen molar-refractivity contribution in [2.24, 2.45) is 10.2 Å². The summed E-state index contributed by atoms with van der Waals surface area (Å²) in [5.41, 5.74) is 9.27. The summed E-state index contributed by atoms with van der Waals surface area (Å²) in [6.07, 6.45) is 4.02. The molecule has 0 fully saturated rings. The summed E-state index contributed by atoms with van der Waals surface area (Å²) in [6, 6.07) is 34.1. The van der Waals surface area contributed by atoms with Gasteiger partial charge < -0.3 is 0 Å². The Balaban J connectivity index is 1.24. The first-order valence-electron chi connectivity index (χ1n) is 15.3. The van der Waals surface area contributed by atoms with Gasteiger partial charge in [-0.05, 0) is 52.0 Å². The molecule has 0 atom stereocenters. The van der Waals surface area contributed by atoms with Crippen molar-refractivity contribution in [1.82, 2.24) is 0 Å². The highest BCUT2D eigenvalue weighted by molar-refractivity contribution is 7.99. The maximum absolute atomic E-state index is 4.95. The van der Waals surface area contributed by atoms with E-state index in [1.807, 2.05) is 36.5 Å². The molecule has 0 radical (unpaired) electrons. The Labute approximate surface area is 271 Å². The Morgan fingerprint density at radius 3 is 1.31 bits per heavy atom. The molecular weight excluding hydrogens is 573 g/mol. The lowest BCUT2D eigenvalue weighted by atomic mass is 9.82. The van der Waals surface area contributed by atoms with Gasteiger partial charge >= 0.3 is 0 Å². The fraction of sp³-hybridized carbons (Fsp3) is 0.263. The molecule has 0 amide bonds. The quantitative estimate of drug-likeness (QED) is 0.114. The summed E-state index contributed by atoms with van der Waals surface area (Å²) in [5, 5.41) is 13.8. The van der Waals surface area contributed by atoms with Crippen molar-refractivity contribution in [3.05, 3.63) is 108 Å². The summed E-state index contributed by atoms with van der Waals surface area (Å²) in [6.45, 7) is 9.05. The second-order valence-electron chi connectivity index (χ2n) is 12.7. The third kappa shape index (κ3) is 5.39. The molecule has 4 aromatic carbocycles. The molecular formula is C38H42N6S+2. The minimum atomic E-state index is -0.127. The summed E-state index contributed by atoms with van der Waals surface area (Å²) in [7, 11) is 8.28. The molecule has 0 aromatic heterocycles. The fourth-order valence-corrected chi connectivity index (χ4v) is 7.75. The zero-order valence-corrected chi connectivity index (χ0v) is 28.3. The Bertz CT molecular complexity index is 1760. The predicted molar refractivity (Wildman–Crippen MR) is 191 cm³/mol. The van der Waals surface area contributed by atoms with E-state index in [2.05, 4.69) is 148 Å². The van der Waals surface area contributed by atoms with E-state index in [0.29, 0.717) is 0 Å². The third-order valence-corrected chi connectivity index (χ3v) is 10.4. The minimum absolute atomic E-state index is 0.127. The van der Waals surface area contributed by atoms with Crippen molar-refractivity contribution < 1.29 is 9.15 Å². The van der Waals surface area contributed by atoms with E-state index in [0.717, 1.165) is 21.2 Å². The first kappa shape index (κ1) is 30.5. The summed E-state index contributed by atoms with van der Waals surface area (Å²) >= 11 is 1.73. The first-order valence-corrected chi connectivity index (χ1v) is 16.2. The van der Waals surface area contributed by atoms with Crippen molar-refractivity contribution in [2.75, 3.05) is 38.2 Å². The van der Waals surface area contributed by atoms with Gasteiger partial charge in [-0.2, -0.15) is 19.4 Å². The lowest BCUT2D eigenvalue weighted by Crippen LogP contribution is -2.30. The Morgan fingerprint density at radius 1 is 0.556 bits per heavy atom. The molecule has 228 valence electrons. The molecule has 7 heteroatoms. The molecule has 0 spiro atoms. The number of hydrazone groups is 2. The number of nitrogens with zero attached hydrogens (tertiary/aromatic N) is 6. The largest absolute Gasteiger partial charge is 0.267 e. The average molecular weight is 615 g/mol. The monoisotopic (exact) mass is 614 g/mol. The highest BCUT2D eigenvalue weighted by Gasteiger charge is 2.44. The highest BCUT2D eigenvalue weighted by Crippen LogP contribution is 2.41. The maximum Gasteiger partial charge on any atom is 0.212 e. The summed E-state index contributed by atoms with van der Waals surface area (Å²) in [4.78, 5) is 2.24. The van der Waals surface area contributed by atoms with Crippen LogP contribution in [0.4, 0.5) is 22.7 Å². The van der Waals surface area contributed by atoms with Gasteiger partial charge in [0.15, 0.2) is 0 Å². The van der Waals surface area contributed by atoms with Gasteiger partial charge in [0.1, 0.15) is 26.5 Å². The van der Waals surface area contributed by atoms with Gasteiger partial charge in [0.2, 0.25) is 22.8 Å². The van der Waals surface area contributed by atoms with Gasteiger partial charge in [-0.25, -0.2) is 0 Å². The molecule has 0 aliphatic carbocycles. The van der Waals surface area contributed by atoms with Crippen LogP contribution < -0.4 is 10.0 Å². The molecule has 6 rings (SSSR count). The molecule has 0 N–H and O–H groups in total. The van der Waals surface area contributed by atoms with Crippen LogP contribution in [0.2, 0.25) is 0 Å². The van der Waals surface area contributed by atoms with E-state index < -0.39 is 0 Å². The smallest absolute Gasteiger partial charge is 0.212 e. The van der Waals surface area contributed by atoms with Gasteiger partial charge in [-0.3, -0.25) is 10.0 Å². The van der Waals surface area contributed by atoms with Gasteiger partial charge in [-0.15, -0.1) is 0 Å². The molecule has 2 heterocycles. The van der Waals surface area contributed by atoms with E-state index in [9.17, 15) is 0 Å². The van der Waals surface area contributed by atoms with E-state index in [4.69, 9.17) is 10.2 Å². The molecule has 45 heavy (non-hydrogen) atoms. The average Bonchev–Trinajstić information content (AvgIpc) is 3.36. The van der Waals surface area contributed by atoms with Crippen LogP contribution in [-0.2, 0) is 10.8 Å². The molecule has 2 aliphatic heterocycles. The van der Waals surface area contributed by atoms with E-state index in [1.165, 1.54) is 33.9 Å². The Kier molecular flexibility index (Phi) is 8.00. The van der Waals surface area contributed by atoms with Crippen molar-refractivity contribution in [2.45, 2.75) is 48.3 Å². The van der Waals surface area contributed by atoms with Gasteiger partial charge in [-0.1, -0.05) is 72.4 Å². The lowest BCUT2D eigenvalue weighted by molar-refractivity contribution is -0.400. The van der Waals surface area contributed by atoms with Crippen molar-refractivity contribution in [3.8, 4) is 0 Å². The maximum atomic E-state index is 4.95. The van der Waals surface area contributed by atoms with Crippen molar-refractivity contribution in [3.63, 3.8) is 0 Å². The van der Waals surface area contributed by atoms with E-state index in [1.54, 1.807) is 11.8 Å². The molecule has 0 saturated carbocycles. The molecule has 4 aromatic rings. The van der Waals surface area contributed by atoms with Crippen LogP contribution in [0, 0.1) is 0 Å². The number of anilines is 2. The number of para-hydroxylation sites is 4. The van der Waals surface area contributed by atoms with Crippen LogP contribution in [0.1, 0.15) is 38.8 Å². The number of fused-ring (bicyclic) bond motifs is 2. The first-order chi connectivity index (χ1) is 21.5. The highest BCUT2D eigenvalue weighted by atomic mass is 32.2. The number of rotatable bonds is 8. The van der Waals surface area contributed by atoms with Crippen molar-refractivity contribution >= 4 is 58.4 Å². The predicted octanol–water partition coefficient (Wildman–Crippen LogP) is 8.09. The molecule has 0 bridgehead atoms. The van der Waals surface area contributed by atoms with Crippen LogP contribution in [0.25, 0.3) is 0 Å². The second kappa shape index (κ2) is 11.8. The number of hydrogen-bond donors (Lipinski definition) is 0. The zero-order valence-electron chi connectivity index (χ0n) is 27.5. The third-order valence-electron chi connectivity index (χ3n) is 9.24. The topological polar surface area (TPSA) is 37.2 Å². The fourth-order valence-electron chi connectivity index (χ4n) is 6.61. The normalized spacial score (nSPS) is 16.5. The lowest BCUT2D eigenvalue weighted by Gasteiger charge is -2.21. The second-order valence-corrected chi connectivity index (χ2v) is 13.8. The SMILES string of the molecule is CN(/N=C/C1=[N+](C)c2ccccc2C1(C)C)c1ccccc1Sc1ccccc1N(C)/N=C/C1=[N+](C)c2ccccc2C1(C)C.